The summed E-state index contributed by atoms with van der Waals surface area (Å²) in [5.41, 5.74) is 1.04. The molecule has 0 aromatic carbocycles. The molecule has 3 unspecified atom stereocenters. The third-order valence-electron chi connectivity index (χ3n) is 3.37. The zero-order chi connectivity index (χ0) is 11.5. The van der Waals surface area contributed by atoms with Gasteiger partial charge in [0.2, 0.25) is 0 Å². The molecule has 0 aliphatic carbocycles. The Labute approximate surface area is 95.8 Å². The normalized spacial score (nSPS) is 26.6. The average Bonchev–Trinajstić information content (AvgIpc) is 2.75. The third-order valence-corrected chi connectivity index (χ3v) is 3.37. The van der Waals surface area contributed by atoms with Gasteiger partial charge in [0, 0.05) is 30.8 Å². The molecule has 0 bridgehead atoms. The lowest BCUT2D eigenvalue weighted by molar-refractivity contribution is -0.125. The van der Waals surface area contributed by atoms with Crippen LogP contribution >= 0.6 is 0 Å². The van der Waals surface area contributed by atoms with Crippen molar-refractivity contribution in [1.82, 2.24) is 4.98 Å². The summed E-state index contributed by atoms with van der Waals surface area (Å²) < 4.78 is 5.44. The molecule has 1 aromatic heterocycles. The Morgan fingerprint density at radius 3 is 2.75 bits per heavy atom. The number of Topliss-reactive ketones (excluding diaryl/α,β-unsaturated/α-hetero) is 1. The zero-order valence-corrected chi connectivity index (χ0v) is 9.72. The van der Waals surface area contributed by atoms with Gasteiger partial charge in [0.25, 0.3) is 0 Å². The summed E-state index contributed by atoms with van der Waals surface area (Å²) in [5.74, 6) is 0.288. The van der Waals surface area contributed by atoms with E-state index in [0.717, 1.165) is 12.0 Å². The lowest BCUT2D eigenvalue weighted by atomic mass is 9.86. The summed E-state index contributed by atoms with van der Waals surface area (Å²) in [6.45, 7) is 4.65. The molecule has 0 spiro atoms. The van der Waals surface area contributed by atoms with Crippen LogP contribution in [-0.4, -0.2) is 23.5 Å². The van der Waals surface area contributed by atoms with Crippen LogP contribution in [0.25, 0.3) is 0 Å². The molecule has 1 aromatic rings. The van der Waals surface area contributed by atoms with Gasteiger partial charge in [0.15, 0.2) is 0 Å². The monoisotopic (exact) mass is 219 g/mol. The second-order valence-electron chi connectivity index (χ2n) is 4.38. The molecule has 2 heterocycles. The molecule has 0 saturated carbocycles. The van der Waals surface area contributed by atoms with Crippen molar-refractivity contribution in [2.45, 2.75) is 32.3 Å². The SMILES string of the molecule is CC(C(=O)C1CCOC1C)c1ccncc1. The Morgan fingerprint density at radius 1 is 1.50 bits per heavy atom. The topological polar surface area (TPSA) is 39.2 Å². The molecule has 0 N–H and O–H groups in total. The number of carbonyl (C=O) groups excluding carboxylic acids is 1. The molecule has 1 saturated heterocycles. The molecule has 1 fully saturated rings. The van der Waals surface area contributed by atoms with Crippen molar-refractivity contribution in [2.24, 2.45) is 5.92 Å². The van der Waals surface area contributed by atoms with Crippen molar-refractivity contribution in [3.05, 3.63) is 30.1 Å². The zero-order valence-electron chi connectivity index (χ0n) is 9.72. The Balaban J connectivity index is 2.10. The fraction of sp³-hybridized carbons (Fsp3) is 0.538. The van der Waals surface area contributed by atoms with E-state index in [4.69, 9.17) is 4.74 Å². The second-order valence-corrected chi connectivity index (χ2v) is 4.38. The summed E-state index contributed by atoms with van der Waals surface area (Å²) in [5, 5.41) is 0. The number of pyridine rings is 1. The first kappa shape index (κ1) is 11.3. The van der Waals surface area contributed by atoms with Gasteiger partial charge in [-0.1, -0.05) is 6.92 Å². The molecule has 86 valence electrons. The van der Waals surface area contributed by atoms with E-state index in [9.17, 15) is 4.79 Å². The molecule has 3 heteroatoms. The standard InChI is InChI=1S/C13H17NO2/c1-9(11-3-6-14-7-4-11)13(15)12-5-8-16-10(12)2/h3-4,6-7,9-10,12H,5,8H2,1-2H3. The van der Waals surface area contributed by atoms with Crippen LogP contribution in [0.1, 0.15) is 31.7 Å². The first-order chi connectivity index (χ1) is 7.70. The van der Waals surface area contributed by atoms with Crippen LogP contribution in [0.3, 0.4) is 0 Å². The second kappa shape index (κ2) is 4.74. The summed E-state index contributed by atoms with van der Waals surface area (Å²) in [4.78, 5) is 16.2. The molecule has 0 radical (unpaired) electrons. The van der Waals surface area contributed by atoms with Gasteiger partial charge in [-0.3, -0.25) is 9.78 Å². The molecule has 2 rings (SSSR count). The van der Waals surface area contributed by atoms with Gasteiger partial charge in [-0.05, 0) is 31.0 Å². The van der Waals surface area contributed by atoms with Gasteiger partial charge in [-0.15, -0.1) is 0 Å². The van der Waals surface area contributed by atoms with Crippen molar-refractivity contribution < 1.29 is 9.53 Å². The van der Waals surface area contributed by atoms with Gasteiger partial charge in [-0.25, -0.2) is 0 Å². The highest BCUT2D eigenvalue weighted by Gasteiger charge is 2.33. The Morgan fingerprint density at radius 2 is 2.19 bits per heavy atom. The first-order valence-electron chi connectivity index (χ1n) is 5.75. The van der Waals surface area contributed by atoms with Crippen molar-refractivity contribution in [2.75, 3.05) is 6.61 Å². The minimum Gasteiger partial charge on any atom is -0.378 e. The van der Waals surface area contributed by atoms with Gasteiger partial charge < -0.3 is 4.74 Å². The van der Waals surface area contributed by atoms with Gasteiger partial charge in [-0.2, -0.15) is 0 Å². The average molecular weight is 219 g/mol. The number of ketones is 1. The Bertz CT molecular complexity index is 363. The largest absolute Gasteiger partial charge is 0.378 e. The van der Waals surface area contributed by atoms with Crippen LogP contribution in [-0.2, 0) is 9.53 Å². The molecular formula is C13H17NO2. The van der Waals surface area contributed by atoms with Crippen LogP contribution in [0, 0.1) is 5.92 Å². The highest BCUT2D eigenvalue weighted by molar-refractivity contribution is 5.88. The number of hydrogen-bond acceptors (Lipinski definition) is 3. The summed E-state index contributed by atoms with van der Waals surface area (Å²) in [6.07, 6.45) is 4.38. The fourth-order valence-corrected chi connectivity index (χ4v) is 2.24. The van der Waals surface area contributed by atoms with E-state index in [0.29, 0.717) is 6.61 Å². The lowest BCUT2D eigenvalue weighted by Crippen LogP contribution is -2.25. The molecule has 1 aliphatic heterocycles. The number of hydrogen-bond donors (Lipinski definition) is 0. The van der Waals surface area contributed by atoms with E-state index in [1.54, 1.807) is 12.4 Å². The van der Waals surface area contributed by atoms with Crippen LogP contribution < -0.4 is 0 Å². The Kier molecular flexibility index (Phi) is 3.34. The fourth-order valence-electron chi connectivity index (χ4n) is 2.24. The van der Waals surface area contributed by atoms with Crippen molar-refractivity contribution in [3.8, 4) is 0 Å². The molecule has 3 nitrogen and oxygen atoms in total. The molecule has 0 amide bonds. The van der Waals surface area contributed by atoms with E-state index in [2.05, 4.69) is 4.98 Å². The van der Waals surface area contributed by atoms with Crippen molar-refractivity contribution in [3.63, 3.8) is 0 Å². The number of rotatable bonds is 3. The van der Waals surface area contributed by atoms with E-state index in [1.807, 2.05) is 26.0 Å². The van der Waals surface area contributed by atoms with Crippen LogP contribution in [0.2, 0.25) is 0 Å². The maximum atomic E-state index is 12.3. The van der Waals surface area contributed by atoms with Gasteiger partial charge in [0.05, 0.1) is 6.10 Å². The van der Waals surface area contributed by atoms with Crippen molar-refractivity contribution in [1.29, 1.82) is 0 Å². The summed E-state index contributed by atoms with van der Waals surface area (Å²) in [6, 6.07) is 3.81. The molecular weight excluding hydrogens is 202 g/mol. The number of ether oxygens (including phenoxy) is 1. The Hall–Kier alpha value is -1.22. The van der Waals surface area contributed by atoms with Gasteiger partial charge >= 0.3 is 0 Å². The van der Waals surface area contributed by atoms with Gasteiger partial charge in [0.1, 0.15) is 5.78 Å². The third kappa shape index (κ3) is 2.14. The van der Waals surface area contributed by atoms with Crippen LogP contribution in [0.15, 0.2) is 24.5 Å². The number of aromatic nitrogens is 1. The molecule has 1 aliphatic rings. The maximum absolute atomic E-state index is 12.3. The summed E-state index contributed by atoms with van der Waals surface area (Å²) in [7, 11) is 0. The minimum atomic E-state index is -0.0582. The molecule has 16 heavy (non-hydrogen) atoms. The number of carbonyl (C=O) groups is 1. The predicted octanol–water partition coefficient (Wildman–Crippen LogP) is 2.18. The van der Waals surface area contributed by atoms with E-state index < -0.39 is 0 Å². The molecule has 3 atom stereocenters. The summed E-state index contributed by atoms with van der Waals surface area (Å²) >= 11 is 0. The minimum absolute atomic E-state index is 0.0582. The van der Waals surface area contributed by atoms with Crippen molar-refractivity contribution >= 4 is 5.78 Å². The maximum Gasteiger partial charge on any atom is 0.145 e. The van der Waals surface area contributed by atoms with E-state index in [1.165, 1.54) is 0 Å². The quantitative estimate of drug-likeness (QED) is 0.782. The highest BCUT2D eigenvalue weighted by atomic mass is 16.5. The lowest BCUT2D eigenvalue weighted by Gasteiger charge is -2.18. The number of nitrogens with zero attached hydrogens (tertiary/aromatic N) is 1. The van der Waals surface area contributed by atoms with Crippen LogP contribution in [0.5, 0.6) is 0 Å². The highest BCUT2D eigenvalue weighted by Crippen LogP contribution is 2.28. The van der Waals surface area contributed by atoms with Crippen LogP contribution in [0.4, 0.5) is 0 Å². The smallest absolute Gasteiger partial charge is 0.145 e. The first-order valence-corrected chi connectivity index (χ1v) is 5.75. The predicted molar refractivity (Wildman–Crippen MR) is 61.2 cm³/mol. The van der Waals surface area contributed by atoms with E-state index in [-0.39, 0.29) is 23.7 Å². The van der Waals surface area contributed by atoms with E-state index >= 15 is 0 Å².